The van der Waals surface area contributed by atoms with Crippen LogP contribution in [0.3, 0.4) is 0 Å². The number of rotatable bonds is 1. The van der Waals surface area contributed by atoms with Crippen LogP contribution in [0.15, 0.2) is 30.6 Å². The van der Waals surface area contributed by atoms with Gasteiger partial charge in [-0.2, -0.15) is 5.26 Å². The highest BCUT2D eigenvalue weighted by atomic mass is 35.5. The van der Waals surface area contributed by atoms with E-state index in [0.29, 0.717) is 11.4 Å². The number of benzene rings is 1. The van der Waals surface area contributed by atoms with Crippen molar-refractivity contribution in [1.82, 2.24) is 9.97 Å². The standard InChI is InChI=1S/C14H11ClN4/c15-13-12(7-16)14(18-9-17-13)19-6-5-10-3-1-2-4-11(10)8-19/h1-4,9H,5-6,8H2. The highest BCUT2D eigenvalue weighted by Crippen LogP contribution is 2.27. The summed E-state index contributed by atoms with van der Waals surface area (Å²) < 4.78 is 0. The van der Waals surface area contributed by atoms with E-state index >= 15 is 0 Å². The monoisotopic (exact) mass is 270 g/mol. The van der Waals surface area contributed by atoms with Gasteiger partial charge in [-0.3, -0.25) is 0 Å². The van der Waals surface area contributed by atoms with Gasteiger partial charge in [-0.05, 0) is 17.5 Å². The quantitative estimate of drug-likeness (QED) is 0.748. The molecule has 2 aromatic rings. The van der Waals surface area contributed by atoms with Gasteiger partial charge < -0.3 is 4.90 Å². The van der Waals surface area contributed by atoms with Gasteiger partial charge in [0.15, 0.2) is 11.0 Å². The summed E-state index contributed by atoms with van der Waals surface area (Å²) in [5, 5.41) is 9.40. The molecule has 0 saturated heterocycles. The lowest BCUT2D eigenvalue weighted by molar-refractivity contribution is 0.718. The summed E-state index contributed by atoms with van der Waals surface area (Å²) >= 11 is 5.95. The van der Waals surface area contributed by atoms with Crippen molar-refractivity contribution in [1.29, 1.82) is 5.26 Å². The van der Waals surface area contributed by atoms with E-state index in [9.17, 15) is 5.26 Å². The van der Waals surface area contributed by atoms with Crippen LogP contribution in [0.1, 0.15) is 16.7 Å². The van der Waals surface area contributed by atoms with Gasteiger partial charge in [0.1, 0.15) is 18.0 Å². The predicted octanol–water partition coefficient (Wildman–Crippen LogP) is 2.56. The van der Waals surface area contributed by atoms with Crippen LogP contribution in [-0.4, -0.2) is 16.5 Å². The zero-order chi connectivity index (χ0) is 13.2. The van der Waals surface area contributed by atoms with Crippen LogP contribution in [0.5, 0.6) is 0 Å². The number of nitriles is 1. The van der Waals surface area contributed by atoms with Crippen LogP contribution >= 0.6 is 11.6 Å². The second-order valence-electron chi connectivity index (χ2n) is 4.42. The minimum absolute atomic E-state index is 0.214. The number of fused-ring (bicyclic) bond motifs is 1. The van der Waals surface area contributed by atoms with Gasteiger partial charge in [0.05, 0.1) is 0 Å². The fraction of sp³-hybridized carbons (Fsp3) is 0.214. The summed E-state index contributed by atoms with van der Waals surface area (Å²) in [4.78, 5) is 10.1. The molecule has 0 aliphatic carbocycles. The Morgan fingerprint density at radius 2 is 2.00 bits per heavy atom. The van der Waals surface area contributed by atoms with Crippen molar-refractivity contribution in [2.24, 2.45) is 0 Å². The van der Waals surface area contributed by atoms with E-state index in [1.54, 1.807) is 0 Å². The molecule has 0 amide bonds. The van der Waals surface area contributed by atoms with Crippen molar-refractivity contribution >= 4 is 17.4 Å². The van der Waals surface area contributed by atoms with Crippen molar-refractivity contribution in [2.75, 3.05) is 11.4 Å². The fourth-order valence-electron chi connectivity index (χ4n) is 2.37. The van der Waals surface area contributed by atoms with Crippen molar-refractivity contribution in [3.8, 4) is 6.07 Å². The van der Waals surface area contributed by atoms with Crippen LogP contribution in [0.25, 0.3) is 0 Å². The second-order valence-corrected chi connectivity index (χ2v) is 4.77. The maximum atomic E-state index is 9.18. The van der Waals surface area contributed by atoms with Crippen LogP contribution in [-0.2, 0) is 13.0 Å². The van der Waals surface area contributed by atoms with Crippen LogP contribution < -0.4 is 4.90 Å². The molecule has 0 bridgehead atoms. The van der Waals surface area contributed by atoms with Gasteiger partial charge in [0.25, 0.3) is 0 Å². The minimum atomic E-state index is 0.214. The number of hydrogen-bond acceptors (Lipinski definition) is 4. The Morgan fingerprint density at radius 1 is 1.21 bits per heavy atom. The summed E-state index contributed by atoms with van der Waals surface area (Å²) in [7, 11) is 0. The van der Waals surface area contributed by atoms with Gasteiger partial charge in [-0.25, -0.2) is 9.97 Å². The van der Waals surface area contributed by atoms with Crippen molar-refractivity contribution in [3.05, 3.63) is 52.4 Å². The summed E-state index contributed by atoms with van der Waals surface area (Å²) in [6, 6.07) is 10.4. The van der Waals surface area contributed by atoms with Gasteiger partial charge in [-0.1, -0.05) is 35.9 Å². The molecule has 0 atom stereocenters. The van der Waals surface area contributed by atoms with Gasteiger partial charge in [0.2, 0.25) is 0 Å². The van der Waals surface area contributed by atoms with Crippen molar-refractivity contribution in [3.63, 3.8) is 0 Å². The van der Waals surface area contributed by atoms with E-state index in [1.807, 2.05) is 6.07 Å². The van der Waals surface area contributed by atoms with E-state index in [2.05, 4.69) is 39.1 Å². The lowest BCUT2D eigenvalue weighted by Gasteiger charge is -2.30. The van der Waals surface area contributed by atoms with Crippen LogP contribution in [0.4, 0.5) is 5.82 Å². The van der Waals surface area contributed by atoms with Gasteiger partial charge >= 0.3 is 0 Å². The Hall–Kier alpha value is -2.12. The van der Waals surface area contributed by atoms with E-state index in [4.69, 9.17) is 11.6 Å². The average Bonchev–Trinajstić information content (AvgIpc) is 2.46. The third kappa shape index (κ3) is 2.13. The first-order valence-corrected chi connectivity index (χ1v) is 6.39. The Kier molecular flexibility index (Phi) is 3.06. The molecule has 0 spiro atoms. The van der Waals surface area contributed by atoms with E-state index in [-0.39, 0.29) is 5.15 Å². The van der Waals surface area contributed by atoms with Crippen LogP contribution in [0, 0.1) is 11.3 Å². The number of anilines is 1. The zero-order valence-electron chi connectivity index (χ0n) is 10.2. The second kappa shape index (κ2) is 4.87. The fourth-order valence-corrected chi connectivity index (χ4v) is 2.54. The Morgan fingerprint density at radius 3 is 2.79 bits per heavy atom. The molecular weight excluding hydrogens is 260 g/mol. The molecule has 0 unspecified atom stereocenters. The molecule has 0 fully saturated rings. The highest BCUT2D eigenvalue weighted by molar-refractivity contribution is 6.30. The smallest absolute Gasteiger partial charge is 0.152 e. The molecule has 1 aliphatic rings. The summed E-state index contributed by atoms with van der Waals surface area (Å²) in [6.07, 6.45) is 2.35. The number of nitrogens with zero attached hydrogens (tertiary/aromatic N) is 4. The molecular formula is C14H11ClN4. The summed E-state index contributed by atoms with van der Waals surface area (Å²) in [5.74, 6) is 0.622. The average molecular weight is 271 g/mol. The normalized spacial score (nSPS) is 13.8. The minimum Gasteiger partial charge on any atom is -0.351 e. The van der Waals surface area contributed by atoms with E-state index < -0.39 is 0 Å². The first kappa shape index (κ1) is 11.9. The van der Waals surface area contributed by atoms with E-state index in [1.165, 1.54) is 17.5 Å². The molecule has 94 valence electrons. The molecule has 4 nitrogen and oxygen atoms in total. The molecule has 0 N–H and O–H groups in total. The Balaban J connectivity index is 1.98. The highest BCUT2D eigenvalue weighted by Gasteiger charge is 2.21. The van der Waals surface area contributed by atoms with Crippen molar-refractivity contribution < 1.29 is 0 Å². The Labute approximate surface area is 116 Å². The lowest BCUT2D eigenvalue weighted by Crippen LogP contribution is -2.31. The third-order valence-electron chi connectivity index (χ3n) is 3.32. The third-order valence-corrected chi connectivity index (χ3v) is 3.61. The first-order valence-electron chi connectivity index (χ1n) is 6.02. The molecule has 0 radical (unpaired) electrons. The molecule has 2 heterocycles. The summed E-state index contributed by atoms with van der Waals surface area (Å²) in [6.45, 7) is 1.58. The van der Waals surface area contributed by atoms with E-state index in [0.717, 1.165) is 19.5 Å². The number of aromatic nitrogens is 2. The van der Waals surface area contributed by atoms with Crippen LogP contribution in [0.2, 0.25) is 5.15 Å². The molecule has 3 rings (SSSR count). The van der Waals surface area contributed by atoms with Gasteiger partial charge in [-0.15, -0.1) is 0 Å². The Bertz CT molecular complexity index is 663. The van der Waals surface area contributed by atoms with Gasteiger partial charge in [0, 0.05) is 13.1 Å². The topological polar surface area (TPSA) is 52.8 Å². The predicted molar refractivity (Wildman–Crippen MR) is 73.0 cm³/mol. The SMILES string of the molecule is N#Cc1c(Cl)ncnc1N1CCc2ccccc2C1. The zero-order valence-corrected chi connectivity index (χ0v) is 10.9. The molecule has 5 heteroatoms. The number of hydrogen-bond donors (Lipinski definition) is 0. The molecule has 1 aromatic carbocycles. The summed E-state index contributed by atoms with van der Waals surface area (Å²) in [5.41, 5.74) is 2.98. The maximum Gasteiger partial charge on any atom is 0.152 e. The first-order chi connectivity index (χ1) is 9.29. The largest absolute Gasteiger partial charge is 0.351 e. The maximum absolute atomic E-state index is 9.18. The number of halogens is 1. The molecule has 1 aromatic heterocycles. The molecule has 0 saturated carbocycles. The molecule has 1 aliphatic heterocycles. The molecule has 19 heavy (non-hydrogen) atoms. The lowest BCUT2D eigenvalue weighted by atomic mass is 10.00. The van der Waals surface area contributed by atoms with Crippen molar-refractivity contribution in [2.45, 2.75) is 13.0 Å².